The number of hydrogen-bond donors (Lipinski definition) is 1. The Balaban J connectivity index is 1.71. The van der Waals surface area contributed by atoms with Gasteiger partial charge in [-0.25, -0.2) is 0 Å². The SMILES string of the molecule is C=CCN1CCC(NCc2cccc(OCCCC#N)c2)CC1. The molecule has 1 aromatic carbocycles. The molecule has 0 spiro atoms. The van der Waals surface area contributed by atoms with E-state index < -0.39 is 0 Å². The summed E-state index contributed by atoms with van der Waals surface area (Å²) in [5.74, 6) is 0.892. The van der Waals surface area contributed by atoms with Gasteiger partial charge in [0, 0.05) is 25.6 Å². The molecule has 4 heteroatoms. The van der Waals surface area contributed by atoms with Crippen molar-refractivity contribution in [2.24, 2.45) is 0 Å². The number of nitrogens with one attached hydrogen (secondary N) is 1. The molecule has 0 radical (unpaired) electrons. The Hall–Kier alpha value is -1.83. The monoisotopic (exact) mass is 313 g/mol. The van der Waals surface area contributed by atoms with Crippen LogP contribution in [0.5, 0.6) is 5.75 Å². The Morgan fingerprint density at radius 3 is 2.96 bits per heavy atom. The van der Waals surface area contributed by atoms with Gasteiger partial charge in [-0.3, -0.25) is 4.90 Å². The molecule has 1 N–H and O–H groups in total. The lowest BCUT2D eigenvalue weighted by Gasteiger charge is -2.31. The lowest BCUT2D eigenvalue weighted by atomic mass is 10.0. The fourth-order valence-electron chi connectivity index (χ4n) is 2.85. The third kappa shape index (κ3) is 6.43. The van der Waals surface area contributed by atoms with Crippen LogP contribution in [0.3, 0.4) is 0 Å². The van der Waals surface area contributed by atoms with Crippen LogP contribution in [0.15, 0.2) is 36.9 Å². The Morgan fingerprint density at radius 1 is 1.39 bits per heavy atom. The summed E-state index contributed by atoms with van der Waals surface area (Å²) in [7, 11) is 0. The third-order valence-electron chi connectivity index (χ3n) is 4.17. The summed E-state index contributed by atoms with van der Waals surface area (Å²) in [4.78, 5) is 2.45. The standard InChI is InChI=1S/C19H27N3O/c1-2-11-22-12-8-18(9-13-22)21-16-17-6-5-7-19(15-17)23-14-4-3-10-20/h2,5-7,15,18,21H,1,3-4,8-9,11-14,16H2. The number of hydrogen-bond acceptors (Lipinski definition) is 4. The molecule has 1 saturated heterocycles. The molecule has 1 heterocycles. The van der Waals surface area contributed by atoms with E-state index in [2.05, 4.69) is 35.0 Å². The average Bonchev–Trinajstić information content (AvgIpc) is 2.59. The van der Waals surface area contributed by atoms with Gasteiger partial charge in [0.05, 0.1) is 12.7 Å². The molecule has 0 atom stereocenters. The van der Waals surface area contributed by atoms with Gasteiger partial charge in [0.1, 0.15) is 5.75 Å². The second-order valence-electron chi connectivity index (χ2n) is 6.00. The zero-order valence-electron chi connectivity index (χ0n) is 13.8. The van der Waals surface area contributed by atoms with Crippen LogP contribution in [-0.4, -0.2) is 37.2 Å². The fraction of sp³-hybridized carbons (Fsp3) is 0.526. The van der Waals surface area contributed by atoms with Gasteiger partial charge in [-0.05, 0) is 50.0 Å². The number of likely N-dealkylation sites (tertiary alicyclic amines) is 1. The van der Waals surface area contributed by atoms with E-state index in [0.717, 1.165) is 38.3 Å². The van der Waals surface area contributed by atoms with Crippen LogP contribution in [0.4, 0.5) is 0 Å². The van der Waals surface area contributed by atoms with Crippen molar-refractivity contribution in [3.05, 3.63) is 42.5 Å². The molecular weight excluding hydrogens is 286 g/mol. The average molecular weight is 313 g/mol. The maximum Gasteiger partial charge on any atom is 0.119 e. The van der Waals surface area contributed by atoms with E-state index >= 15 is 0 Å². The molecule has 0 aliphatic carbocycles. The van der Waals surface area contributed by atoms with E-state index in [1.165, 1.54) is 18.4 Å². The van der Waals surface area contributed by atoms with E-state index in [9.17, 15) is 0 Å². The predicted octanol–water partition coefficient (Wildman–Crippen LogP) is 3.11. The van der Waals surface area contributed by atoms with Gasteiger partial charge >= 0.3 is 0 Å². The van der Waals surface area contributed by atoms with E-state index in [0.29, 0.717) is 19.1 Å². The minimum absolute atomic E-state index is 0.547. The summed E-state index contributed by atoms with van der Waals surface area (Å²) in [6.07, 6.45) is 5.69. The van der Waals surface area contributed by atoms with Crippen LogP contribution >= 0.6 is 0 Å². The molecule has 1 aromatic rings. The van der Waals surface area contributed by atoms with Gasteiger partial charge in [0.25, 0.3) is 0 Å². The van der Waals surface area contributed by atoms with Crippen molar-refractivity contribution in [2.75, 3.05) is 26.2 Å². The van der Waals surface area contributed by atoms with Crippen LogP contribution in [0.2, 0.25) is 0 Å². The van der Waals surface area contributed by atoms with Crippen molar-refractivity contribution in [2.45, 2.75) is 38.3 Å². The van der Waals surface area contributed by atoms with Crippen molar-refractivity contribution in [1.29, 1.82) is 5.26 Å². The molecular formula is C19H27N3O. The Labute approximate surface area is 139 Å². The predicted molar refractivity (Wildman–Crippen MR) is 93.3 cm³/mol. The van der Waals surface area contributed by atoms with Gasteiger partial charge in [-0.15, -0.1) is 6.58 Å². The fourth-order valence-corrected chi connectivity index (χ4v) is 2.85. The normalized spacial score (nSPS) is 16.0. The van der Waals surface area contributed by atoms with E-state index in [1.807, 2.05) is 18.2 Å². The topological polar surface area (TPSA) is 48.3 Å². The van der Waals surface area contributed by atoms with Crippen molar-refractivity contribution in [1.82, 2.24) is 10.2 Å². The lowest BCUT2D eigenvalue weighted by molar-refractivity contribution is 0.214. The number of ether oxygens (including phenoxy) is 1. The molecule has 23 heavy (non-hydrogen) atoms. The third-order valence-corrected chi connectivity index (χ3v) is 4.17. The Kier molecular flexibility index (Phi) is 7.65. The highest BCUT2D eigenvalue weighted by molar-refractivity contribution is 5.28. The van der Waals surface area contributed by atoms with E-state index in [4.69, 9.17) is 10.00 Å². The second kappa shape index (κ2) is 10.0. The smallest absolute Gasteiger partial charge is 0.119 e. The summed E-state index contributed by atoms with van der Waals surface area (Å²) in [5.41, 5.74) is 1.25. The molecule has 1 fully saturated rings. The molecule has 0 saturated carbocycles. The molecule has 1 aliphatic heterocycles. The second-order valence-corrected chi connectivity index (χ2v) is 6.00. The minimum Gasteiger partial charge on any atom is -0.494 e. The maximum atomic E-state index is 8.53. The summed E-state index contributed by atoms with van der Waals surface area (Å²) in [5, 5.41) is 12.2. The first-order valence-corrected chi connectivity index (χ1v) is 8.47. The highest BCUT2D eigenvalue weighted by Crippen LogP contribution is 2.15. The number of nitrogens with zero attached hydrogens (tertiary/aromatic N) is 2. The van der Waals surface area contributed by atoms with E-state index in [1.54, 1.807) is 0 Å². The number of nitriles is 1. The first kappa shape index (κ1) is 17.5. The summed E-state index contributed by atoms with van der Waals surface area (Å²) in [6, 6.07) is 11.0. The van der Waals surface area contributed by atoms with Crippen LogP contribution in [-0.2, 0) is 6.54 Å². The molecule has 0 amide bonds. The molecule has 124 valence electrons. The van der Waals surface area contributed by atoms with Gasteiger partial charge < -0.3 is 10.1 Å². The van der Waals surface area contributed by atoms with Crippen molar-refractivity contribution < 1.29 is 4.74 Å². The quantitative estimate of drug-likeness (QED) is 0.562. The Morgan fingerprint density at radius 2 is 2.22 bits per heavy atom. The summed E-state index contributed by atoms with van der Waals surface area (Å²) in [6.45, 7) is 8.57. The summed E-state index contributed by atoms with van der Waals surface area (Å²) < 4.78 is 5.69. The van der Waals surface area contributed by atoms with Crippen LogP contribution in [0.1, 0.15) is 31.2 Å². The first-order chi connectivity index (χ1) is 11.3. The van der Waals surface area contributed by atoms with Gasteiger partial charge in [0.2, 0.25) is 0 Å². The first-order valence-electron chi connectivity index (χ1n) is 8.47. The summed E-state index contributed by atoms with van der Waals surface area (Å²) >= 11 is 0. The number of piperidine rings is 1. The molecule has 0 bridgehead atoms. The van der Waals surface area contributed by atoms with Crippen LogP contribution < -0.4 is 10.1 Å². The Bertz CT molecular complexity index is 516. The van der Waals surface area contributed by atoms with Crippen LogP contribution in [0, 0.1) is 11.3 Å². The molecule has 0 unspecified atom stereocenters. The van der Waals surface area contributed by atoms with Crippen LogP contribution in [0.25, 0.3) is 0 Å². The molecule has 2 rings (SSSR count). The molecule has 1 aliphatic rings. The van der Waals surface area contributed by atoms with Gasteiger partial charge in [0.15, 0.2) is 0 Å². The number of rotatable bonds is 9. The maximum absolute atomic E-state index is 8.53. The van der Waals surface area contributed by atoms with E-state index in [-0.39, 0.29) is 0 Å². The number of unbranched alkanes of at least 4 members (excludes halogenated alkanes) is 1. The largest absolute Gasteiger partial charge is 0.494 e. The zero-order valence-corrected chi connectivity index (χ0v) is 13.8. The highest BCUT2D eigenvalue weighted by atomic mass is 16.5. The molecule has 4 nitrogen and oxygen atoms in total. The molecule has 0 aromatic heterocycles. The minimum atomic E-state index is 0.547. The zero-order chi connectivity index (χ0) is 16.3. The highest BCUT2D eigenvalue weighted by Gasteiger charge is 2.17. The van der Waals surface area contributed by atoms with Crippen molar-refractivity contribution >= 4 is 0 Å². The van der Waals surface area contributed by atoms with Crippen molar-refractivity contribution in [3.8, 4) is 11.8 Å². The lowest BCUT2D eigenvalue weighted by Crippen LogP contribution is -2.42. The van der Waals surface area contributed by atoms with Gasteiger partial charge in [-0.1, -0.05) is 18.2 Å². The van der Waals surface area contributed by atoms with Gasteiger partial charge in [-0.2, -0.15) is 5.26 Å². The van der Waals surface area contributed by atoms with Crippen molar-refractivity contribution in [3.63, 3.8) is 0 Å². The number of benzene rings is 1.